The molecule has 0 saturated heterocycles. The summed E-state index contributed by atoms with van der Waals surface area (Å²) in [5.41, 5.74) is 5.07. The molecule has 0 radical (unpaired) electrons. The van der Waals surface area contributed by atoms with Crippen LogP contribution in [0.2, 0.25) is 0 Å². The molecule has 0 fully saturated rings. The molecule has 0 aromatic rings. The molecule has 14 heavy (non-hydrogen) atoms. The van der Waals surface area contributed by atoms with Gasteiger partial charge in [-0.2, -0.15) is 0 Å². The second-order valence-electron chi connectivity index (χ2n) is 2.51. The van der Waals surface area contributed by atoms with Gasteiger partial charge in [-0.3, -0.25) is 14.2 Å². The Morgan fingerprint density at radius 1 is 1.50 bits per heavy atom. The number of aliphatic hydroxyl groups excluding tert-OH is 1. The molecule has 0 rings (SSSR count). The molecule has 0 saturated carbocycles. The first-order valence-electron chi connectivity index (χ1n) is 3.74. The summed E-state index contributed by atoms with van der Waals surface area (Å²) < 4.78 is 15.0. The summed E-state index contributed by atoms with van der Waals surface area (Å²) in [4.78, 5) is 21.2. The highest BCUT2D eigenvalue weighted by Crippen LogP contribution is 2.21. The predicted octanol–water partition coefficient (Wildman–Crippen LogP) is -1.20. The molecular weight excluding hydrogens is 213 g/mol. The molecule has 4 N–H and O–H groups in total. The van der Waals surface area contributed by atoms with Gasteiger partial charge in [0.1, 0.15) is 18.6 Å². The fraction of sp³-hybridized carbons (Fsp3) is 0.667. The van der Waals surface area contributed by atoms with E-state index >= 15 is 0 Å². The predicted molar refractivity (Wildman–Crippen MR) is 47.3 cm³/mol. The normalized spacial score (nSPS) is 14.7. The fourth-order valence-corrected chi connectivity index (χ4v) is 1.40. The van der Waals surface area contributed by atoms with Crippen molar-refractivity contribution < 1.29 is 28.9 Å². The minimum absolute atomic E-state index is 0.388. The molecule has 0 aromatic heterocycles. The Kier molecular flexibility index (Phi) is 6.31. The van der Waals surface area contributed by atoms with Crippen LogP contribution in [0, 0.1) is 0 Å². The van der Waals surface area contributed by atoms with Crippen LogP contribution in [0.4, 0.5) is 0 Å². The van der Waals surface area contributed by atoms with Crippen LogP contribution in [0.15, 0.2) is 0 Å². The Hall–Kier alpha value is -0.750. The standard InChI is InChI=1S/C6H12NO6P/c7-5(6(10)11)1-4(9)2-14(12)13-3-8/h5,8,14H,1-3,7H2,(H,10,11). The molecule has 2 unspecified atom stereocenters. The highest BCUT2D eigenvalue weighted by Gasteiger charge is 2.17. The molecule has 2 atom stereocenters. The number of carboxylic acid groups (broad SMARTS) is 1. The van der Waals surface area contributed by atoms with Gasteiger partial charge in [0, 0.05) is 6.42 Å². The van der Waals surface area contributed by atoms with Gasteiger partial charge in [-0.1, -0.05) is 0 Å². The number of hydrogen-bond acceptors (Lipinski definition) is 6. The van der Waals surface area contributed by atoms with Crippen molar-refractivity contribution in [2.75, 3.05) is 13.0 Å². The zero-order valence-corrected chi connectivity index (χ0v) is 8.30. The van der Waals surface area contributed by atoms with Crippen LogP contribution in [0.1, 0.15) is 6.42 Å². The summed E-state index contributed by atoms with van der Waals surface area (Å²) in [5, 5.41) is 16.5. The van der Waals surface area contributed by atoms with Gasteiger partial charge in [-0.05, 0) is 0 Å². The quantitative estimate of drug-likeness (QED) is 0.366. The zero-order valence-electron chi connectivity index (χ0n) is 7.30. The van der Waals surface area contributed by atoms with Crippen LogP contribution in [0.5, 0.6) is 0 Å². The van der Waals surface area contributed by atoms with E-state index in [1.807, 2.05) is 0 Å². The van der Waals surface area contributed by atoms with Gasteiger partial charge in [0.25, 0.3) is 0 Å². The molecule has 7 nitrogen and oxygen atoms in total. The van der Waals surface area contributed by atoms with Gasteiger partial charge >= 0.3 is 5.97 Å². The molecule has 0 aliphatic rings. The number of Topliss-reactive ketones (excluding diaryl/α,β-unsaturated/α-hetero) is 1. The van der Waals surface area contributed by atoms with Gasteiger partial charge in [-0.25, -0.2) is 0 Å². The zero-order chi connectivity index (χ0) is 11.1. The van der Waals surface area contributed by atoms with E-state index in [9.17, 15) is 14.2 Å². The molecule has 0 bridgehead atoms. The monoisotopic (exact) mass is 225 g/mol. The summed E-state index contributed by atoms with van der Waals surface area (Å²) in [6.45, 7) is -0.726. The van der Waals surface area contributed by atoms with Crippen molar-refractivity contribution in [1.29, 1.82) is 0 Å². The average Bonchev–Trinajstić information content (AvgIpc) is 2.03. The summed E-state index contributed by atoms with van der Waals surface area (Å²) in [5.74, 6) is -1.85. The minimum Gasteiger partial charge on any atom is -0.480 e. The van der Waals surface area contributed by atoms with Crippen molar-refractivity contribution in [3.8, 4) is 0 Å². The summed E-state index contributed by atoms with van der Waals surface area (Å²) in [7, 11) is -2.61. The third-order valence-corrected chi connectivity index (χ3v) is 2.47. The largest absolute Gasteiger partial charge is 0.480 e. The van der Waals surface area contributed by atoms with Gasteiger partial charge < -0.3 is 20.5 Å². The molecule has 0 heterocycles. The average molecular weight is 225 g/mol. The topological polar surface area (TPSA) is 127 Å². The van der Waals surface area contributed by atoms with Crippen LogP contribution in [-0.2, 0) is 18.7 Å². The first-order chi connectivity index (χ1) is 6.47. The van der Waals surface area contributed by atoms with E-state index in [4.69, 9.17) is 15.9 Å². The number of carboxylic acids is 1. The Morgan fingerprint density at radius 2 is 2.07 bits per heavy atom. The lowest BCUT2D eigenvalue weighted by molar-refractivity contribution is -0.140. The molecule has 8 heteroatoms. The molecule has 0 aromatic carbocycles. The maximum absolute atomic E-state index is 11.0. The summed E-state index contributed by atoms with van der Waals surface area (Å²) >= 11 is 0. The van der Waals surface area contributed by atoms with E-state index in [0.29, 0.717) is 0 Å². The van der Waals surface area contributed by atoms with Crippen molar-refractivity contribution in [1.82, 2.24) is 0 Å². The third-order valence-electron chi connectivity index (χ3n) is 1.33. The molecule has 0 aliphatic heterocycles. The highest BCUT2D eigenvalue weighted by molar-refractivity contribution is 7.40. The van der Waals surface area contributed by atoms with Gasteiger partial charge in [-0.15, -0.1) is 0 Å². The third kappa shape index (κ3) is 5.82. The minimum atomic E-state index is -2.61. The second-order valence-corrected chi connectivity index (χ2v) is 3.90. The lowest BCUT2D eigenvalue weighted by atomic mass is 10.2. The smallest absolute Gasteiger partial charge is 0.320 e. The SMILES string of the molecule is NC(CC(=O)C[PH](=O)OCO)C(=O)O. The fourth-order valence-electron chi connectivity index (χ4n) is 0.689. The van der Waals surface area contributed by atoms with Crippen LogP contribution < -0.4 is 5.73 Å². The number of rotatable bonds is 7. The number of carbonyl (C=O) groups excluding carboxylic acids is 1. The van der Waals surface area contributed by atoms with Crippen LogP contribution in [-0.4, -0.2) is 41.0 Å². The van der Waals surface area contributed by atoms with Gasteiger partial charge in [0.2, 0.25) is 8.03 Å². The molecule has 0 aliphatic carbocycles. The highest BCUT2D eigenvalue weighted by atomic mass is 31.1. The summed E-state index contributed by atoms with van der Waals surface area (Å²) in [6.07, 6.45) is -0.785. The molecule has 0 amide bonds. The number of aliphatic hydroxyl groups is 1. The van der Waals surface area contributed by atoms with E-state index in [2.05, 4.69) is 4.52 Å². The van der Waals surface area contributed by atoms with E-state index in [1.165, 1.54) is 0 Å². The second kappa shape index (κ2) is 6.67. The number of carbonyl (C=O) groups is 2. The van der Waals surface area contributed by atoms with Crippen molar-refractivity contribution in [2.45, 2.75) is 12.5 Å². The van der Waals surface area contributed by atoms with Crippen molar-refractivity contribution in [3.05, 3.63) is 0 Å². The van der Waals surface area contributed by atoms with E-state index in [1.54, 1.807) is 0 Å². The number of aliphatic carboxylic acids is 1. The van der Waals surface area contributed by atoms with Crippen molar-refractivity contribution in [3.63, 3.8) is 0 Å². The molecule has 82 valence electrons. The Balaban J connectivity index is 3.86. The first-order valence-corrected chi connectivity index (χ1v) is 5.26. The Labute approximate surface area is 80.7 Å². The maximum Gasteiger partial charge on any atom is 0.320 e. The van der Waals surface area contributed by atoms with Gasteiger partial charge in [0.05, 0.1) is 6.16 Å². The van der Waals surface area contributed by atoms with E-state index < -0.39 is 38.8 Å². The van der Waals surface area contributed by atoms with E-state index in [0.717, 1.165) is 0 Å². The lowest BCUT2D eigenvalue weighted by Crippen LogP contribution is -2.33. The Bertz CT molecular complexity index is 242. The van der Waals surface area contributed by atoms with E-state index in [-0.39, 0.29) is 6.42 Å². The van der Waals surface area contributed by atoms with Crippen LogP contribution in [0.25, 0.3) is 0 Å². The first kappa shape index (κ1) is 13.2. The summed E-state index contributed by atoms with van der Waals surface area (Å²) in [6, 6.07) is -1.29. The molecular formula is C6H12NO6P. The van der Waals surface area contributed by atoms with Crippen LogP contribution in [0.3, 0.4) is 0 Å². The maximum atomic E-state index is 11.0. The van der Waals surface area contributed by atoms with Crippen molar-refractivity contribution in [2.24, 2.45) is 5.73 Å². The number of hydrogen-bond donors (Lipinski definition) is 3. The Morgan fingerprint density at radius 3 is 2.50 bits per heavy atom. The van der Waals surface area contributed by atoms with Crippen molar-refractivity contribution >= 4 is 19.8 Å². The number of nitrogens with two attached hydrogens (primary N) is 1. The lowest BCUT2D eigenvalue weighted by Gasteiger charge is -2.04. The molecule has 0 spiro atoms. The number of ketones is 1. The van der Waals surface area contributed by atoms with Crippen LogP contribution >= 0.6 is 8.03 Å². The van der Waals surface area contributed by atoms with Gasteiger partial charge in [0.15, 0.2) is 0 Å².